The largest absolute Gasteiger partial charge is 0.494 e. The van der Waals surface area contributed by atoms with Crippen LogP contribution in [0.4, 0.5) is 13.2 Å². The Kier molecular flexibility index (Phi) is 4.65. The van der Waals surface area contributed by atoms with Crippen molar-refractivity contribution in [3.63, 3.8) is 0 Å². The summed E-state index contributed by atoms with van der Waals surface area (Å²) in [6.45, 7) is 5.01. The molecule has 0 aromatic heterocycles. The zero-order valence-corrected chi connectivity index (χ0v) is 11.0. The van der Waals surface area contributed by atoms with Crippen molar-refractivity contribution in [2.45, 2.75) is 45.2 Å². The van der Waals surface area contributed by atoms with E-state index in [2.05, 4.69) is 6.92 Å². The van der Waals surface area contributed by atoms with Gasteiger partial charge >= 0.3 is 6.18 Å². The Morgan fingerprint density at radius 2 is 1.61 bits per heavy atom. The molecule has 0 atom stereocenters. The van der Waals surface area contributed by atoms with E-state index in [1.807, 2.05) is 0 Å². The topological polar surface area (TPSA) is 9.23 Å². The smallest absolute Gasteiger partial charge is 0.397 e. The second-order valence-electron chi connectivity index (χ2n) is 4.85. The van der Waals surface area contributed by atoms with Crippen LogP contribution in [-0.4, -0.2) is 12.8 Å². The van der Waals surface area contributed by atoms with Crippen LogP contribution in [0.15, 0.2) is 24.3 Å². The van der Waals surface area contributed by atoms with Crippen molar-refractivity contribution < 1.29 is 17.9 Å². The standard InChI is InChI=1S/C14H19F3O/c1-4-5-10-18-12-8-6-11(7-9-12)13(2,3)14(15,16)17/h6-9H,4-5,10H2,1-3H3. The third-order valence-electron chi connectivity index (χ3n) is 3.05. The molecule has 1 rings (SSSR count). The van der Waals surface area contributed by atoms with Gasteiger partial charge in [0, 0.05) is 0 Å². The van der Waals surface area contributed by atoms with Gasteiger partial charge in [0.1, 0.15) is 5.75 Å². The van der Waals surface area contributed by atoms with Crippen LogP contribution in [0.25, 0.3) is 0 Å². The van der Waals surface area contributed by atoms with Gasteiger partial charge in [-0.25, -0.2) is 0 Å². The molecule has 0 fully saturated rings. The molecule has 0 unspecified atom stereocenters. The number of unbranched alkanes of at least 4 members (excludes halogenated alkanes) is 1. The lowest BCUT2D eigenvalue weighted by atomic mass is 9.84. The molecule has 4 heteroatoms. The third kappa shape index (κ3) is 3.40. The van der Waals surface area contributed by atoms with Crippen molar-refractivity contribution in [1.82, 2.24) is 0 Å². The van der Waals surface area contributed by atoms with E-state index in [-0.39, 0.29) is 5.56 Å². The number of hydrogen-bond donors (Lipinski definition) is 0. The number of ether oxygens (including phenoxy) is 1. The number of rotatable bonds is 5. The van der Waals surface area contributed by atoms with E-state index in [0.29, 0.717) is 12.4 Å². The summed E-state index contributed by atoms with van der Waals surface area (Å²) < 4.78 is 43.9. The van der Waals surface area contributed by atoms with E-state index in [4.69, 9.17) is 4.74 Å². The van der Waals surface area contributed by atoms with E-state index in [9.17, 15) is 13.2 Å². The van der Waals surface area contributed by atoms with E-state index in [1.54, 1.807) is 12.1 Å². The maximum atomic E-state index is 12.8. The average molecular weight is 260 g/mol. The van der Waals surface area contributed by atoms with Crippen molar-refractivity contribution in [3.05, 3.63) is 29.8 Å². The van der Waals surface area contributed by atoms with Crippen LogP contribution in [0.2, 0.25) is 0 Å². The second-order valence-corrected chi connectivity index (χ2v) is 4.85. The highest BCUT2D eigenvalue weighted by Gasteiger charge is 2.48. The maximum absolute atomic E-state index is 12.8. The molecule has 102 valence electrons. The number of alkyl halides is 3. The van der Waals surface area contributed by atoms with E-state index < -0.39 is 11.6 Å². The van der Waals surface area contributed by atoms with Gasteiger partial charge < -0.3 is 4.74 Å². The molecule has 1 nitrogen and oxygen atoms in total. The van der Waals surface area contributed by atoms with Gasteiger partial charge in [-0.3, -0.25) is 0 Å². The first-order valence-electron chi connectivity index (χ1n) is 6.09. The fraction of sp³-hybridized carbons (Fsp3) is 0.571. The van der Waals surface area contributed by atoms with Gasteiger partial charge in [-0.05, 0) is 38.0 Å². The molecular formula is C14H19F3O. The van der Waals surface area contributed by atoms with Crippen molar-refractivity contribution in [2.75, 3.05) is 6.61 Å². The van der Waals surface area contributed by atoms with Crippen LogP contribution in [0.5, 0.6) is 5.75 Å². The summed E-state index contributed by atoms with van der Waals surface area (Å²) in [7, 11) is 0. The molecule has 1 aromatic rings. The first kappa shape index (κ1) is 14.9. The summed E-state index contributed by atoms with van der Waals surface area (Å²) >= 11 is 0. The SMILES string of the molecule is CCCCOc1ccc(C(C)(C)C(F)(F)F)cc1. The third-order valence-corrected chi connectivity index (χ3v) is 3.05. The quantitative estimate of drug-likeness (QED) is 0.697. The van der Waals surface area contributed by atoms with Crippen LogP contribution in [-0.2, 0) is 5.41 Å². The lowest BCUT2D eigenvalue weighted by molar-refractivity contribution is -0.180. The minimum Gasteiger partial charge on any atom is -0.494 e. The van der Waals surface area contributed by atoms with Gasteiger partial charge in [-0.2, -0.15) is 13.2 Å². The lowest BCUT2D eigenvalue weighted by Crippen LogP contribution is -2.36. The van der Waals surface area contributed by atoms with E-state index >= 15 is 0 Å². The van der Waals surface area contributed by atoms with Crippen LogP contribution >= 0.6 is 0 Å². The minimum absolute atomic E-state index is 0.248. The molecule has 0 spiro atoms. The van der Waals surface area contributed by atoms with Gasteiger partial charge in [-0.1, -0.05) is 25.5 Å². The Morgan fingerprint density at radius 1 is 1.06 bits per heavy atom. The molecule has 0 aliphatic heterocycles. The molecule has 0 saturated carbocycles. The van der Waals surface area contributed by atoms with Crippen molar-refractivity contribution in [3.8, 4) is 5.75 Å². The summed E-state index contributed by atoms with van der Waals surface area (Å²) in [5, 5.41) is 0. The summed E-state index contributed by atoms with van der Waals surface area (Å²) in [6, 6.07) is 6.15. The molecule has 1 aromatic carbocycles. The highest BCUT2D eigenvalue weighted by Crippen LogP contribution is 2.40. The average Bonchev–Trinajstić information content (AvgIpc) is 2.28. The predicted octanol–water partition coefficient (Wildman–Crippen LogP) is 4.71. The summed E-state index contributed by atoms with van der Waals surface area (Å²) in [6.07, 6.45) is -2.29. The first-order valence-corrected chi connectivity index (χ1v) is 6.09. The number of benzene rings is 1. The Hall–Kier alpha value is -1.19. The first-order chi connectivity index (χ1) is 8.29. The molecular weight excluding hydrogens is 241 g/mol. The molecule has 0 aliphatic carbocycles. The van der Waals surface area contributed by atoms with Crippen molar-refractivity contribution in [1.29, 1.82) is 0 Å². The van der Waals surface area contributed by atoms with Gasteiger partial charge in [0.2, 0.25) is 0 Å². The zero-order chi connectivity index (χ0) is 13.8. The lowest BCUT2D eigenvalue weighted by Gasteiger charge is -2.28. The van der Waals surface area contributed by atoms with E-state index in [1.165, 1.54) is 26.0 Å². The summed E-state index contributed by atoms with van der Waals surface area (Å²) in [4.78, 5) is 0. The predicted molar refractivity (Wildman–Crippen MR) is 65.9 cm³/mol. The molecule has 0 radical (unpaired) electrons. The van der Waals surface area contributed by atoms with Crippen molar-refractivity contribution in [2.24, 2.45) is 0 Å². The molecule has 0 amide bonds. The zero-order valence-electron chi connectivity index (χ0n) is 11.0. The fourth-order valence-electron chi connectivity index (χ4n) is 1.47. The maximum Gasteiger partial charge on any atom is 0.397 e. The second kappa shape index (κ2) is 5.63. The molecule has 0 bridgehead atoms. The molecule has 0 N–H and O–H groups in total. The number of hydrogen-bond acceptors (Lipinski definition) is 1. The molecule has 0 aliphatic rings. The van der Waals surface area contributed by atoms with Crippen LogP contribution in [0, 0.1) is 0 Å². The van der Waals surface area contributed by atoms with Gasteiger partial charge in [0.05, 0.1) is 12.0 Å². The van der Waals surface area contributed by atoms with Crippen LogP contribution in [0.1, 0.15) is 39.2 Å². The van der Waals surface area contributed by atoms with Gasteiger partial charge in [0.15, 0.2) is 0 Å². The minimum atomic E-state index is -4.25. The van der Waals surface area contributed by atoms with Gasteiger partial charge in [-0.15, -0.1) is 0 Å². The molecule has 0 saturated heterocycles. The van der Waals surface area contributed by atoms with Crippen LogP contribution < -0.4 is 4.74 Å². The Labute approximate surface area is 106 Å². The fourth-order valence-corrected chi connectivity index (χ4v) is 1.47. The summed E-state index contributed by atoms with van der Waals surface area (Å²) in [5.74, 6) is 0.616. The highest BCUT2D eigenvalue weighted by atomic mass is 19.4. The normalized spacial score (nSPS) is 12.6. The van der Waals surface area contributed by atoms with Crippen LogP contribution in [0.3, 0.4) is 0 Å². The van der Waals surface area contributed by atoms with E-state index in [0.717, 1.165) is 12.8 Å². The molecule has 0 heterocycles. The number of halogens is 3. The molecule has 18 heavy (non-hydrogen) atoms. The highest BCUT2D eigenvalue weighted by molar-refractivity contribution is 5.32. The van der Waals surface area contributed by atoms with Crippen molar-refractivity contribution >= 4 is 0 Å². The Bertz CT molecular complexity index is 366. The Balaban J connectivity index is 2.77. The Morgan fingerprint density at radius 3 is 2.06 bits per heavy atom. The monoisotopic (exact) mass is 260 g/mol. The van der Waals surface area contributed by atoms with Gasteiger partial charge in [0.25, 0.3) is 0 Å². The summed E-state index contributed by atoms with van der Waals surface area (Å²) in [5.41, 5.74) is -1.59.